The van der Waals surface area contributed by atoms with Crippen molar-refractivity contribution in [1.82, 2.24) is 20.0 Å². The number of hydrogen-bond donors (Lipinski definition) is 1. The molecule has 1 aromatic rings. The summed E-state index contributed by atoms with van der Waals surface area (Å²) in [5, 5.41) is 7.83. The first-order valence-electron chi connectivity index (χ1n) is 7.10. The third-order valence-corrected chi connectivity index (χ3v) is 3.95. The SMILES string of the molecule is CCNC1CCCC(N(C)Cc2cnn(C)c2)C1. The quantitative estimate of drug-likeness (QED) is 0.864. The van der Waals surface area contributed by atoms with Gasteiger partial charge in [0, 0.05) is 37.4 Å². The summed E-state index contributed by atoms with van der Waals surface area (Å²) in [5.41, 5.74) is 1.31. The summed E-state index contributed by atoms with van der Waals surface area (Å²) in [4.78, 5) is 2.49. The van der Waals surface area contributed by atoms with Crippen molar-refractivity contribution in [1.29, 1.82) is 0 Å². The van der Waals surface area contributed by atoms with Gasteiger partial charge in [0.15, 0.2) is 0 Å². The van der Waals surface area contributed by atoms with Crippen LogP contribution in [0.4, 0.5) is 0 Å². The maximum absolute atomic E-state index is 4.24. The molecule has 0 aliphatic heterocycles. The number of nitrogens with zero attached hydrogens (tertiary/aromatic N) is 3. The molecule has 2 unspecified atom stereocenters. The van der Waals surface area contributed by atoms with Crippen molar-refractivity contribution >= 4 is 0 Å². The normalized spacial score (nSPS) is 24.7. The average Bonchev–Trinajstić information content (AvgIpc) is 2.75. The highest BCUT2D eigenvalue weighted by molar-refractivity contribution is 5.03. The lowest BCUT2D eigenvalue weighted by Crippen LogP contribution is -2.42. The summed E-state index contributed by atoms with van der Waals surface area (Å²) in [6, 6.07) is 1.42. The molecular formula is C14H26N4. The highest BCUT2D eigenvalue weighted by Crippen LogP contribution is 2.23. The predicted octanol–water partition coefficient (Wildman–Crippen LogP) is 1.77. The number of aromatic nitrogens is 2. The minimum atomic E-state index is 0.711. The van der Waals surface area contributed by atoms with Gasteiger partial charge in [-0.15, -0.1) is 0 Å². The van der Waals surface area contributed by atoms with Gasteiger partial charge in [-0.3, -0.25) is 9.58 Å². The Hall–Kier alpha value is -0.870. The van der Waals surface area contributed by atoms with E-state index in [4.69, 9.17) is 0 Å². The van der Waals surface area contributed by atoms with Crippen LogP contribution in [0.15, 0.2) is 12.4 Å². The van der Waals surface area contributed by atoms with E-state index in [0.29, 0.717) is 12.1 Å². The van der Waals surface area contributed by atoms with Crippen molar-refractivity contribution < 1.29 is 0 Å². The standard InChI is InChI=1S/C14H26N4/c1-4-15-13-6-5-7-14(8-13)17(2)10-12-9-16-18(3)11-12/h9,11,13-15H,4-8,10H2,1-3H3. The molecule has 18 heavy (non-hydrogen) atoms. The molecule has 0 spiro atoms. The molecule has 1 fully saturated rings. The topological polar surface area (TPSA) is 33.1 Å². The highest BCUT2D eigenvalue weighted by Gasteiger charge is 2.24. The zero-order valence-electron chi connectivity index (χ0n) is 11.9. The second-order valence-electron chi connectivity index (χ2n) is 5.51. The van der Waals surface area contributed by atoms with E-state index in [2.05, 4.69) is 35.5 Å². The molecule has 1 aromatic heterocycles. The van der Waals surface area contributed by atoms with Crippen LogP contribution >= 0.6 is 0 Å². The summed E-state index contributed by atoms with van der Waals surface area (Å²) >= 11 is 0. The average molecular weight is 250 g/mol. The van der Waals surface area contributed by atoms with Crippen molar-refractivity contribution in [3.8, 4) is 0 Å². The zero-order chi connectivity index (χ0) is 13.0. The van der Waals surface area contributed by atoms with Crippen molar-refractivity contribution in [2.45, 2.75) is 51.2 Å². The fourth-order valence-electron chi connectivity index (χ4n) is 3.01. The Kier molecular flexibility index (Phi) is 4.78. The van der Waals surface area contributed by atoms with E-state index < -0.39 is 0 Å². The van der Waals surface area contributed by atoms with Crippen molar-refractivity contribution in [3.05, 3.63) is 18.0 Å². The van der Waals surface area contributed by atoms with Crippen LogP contribution in [0.1, 0.15) is 38.2 Å². The summed E-state index contributed by atoms with van der Waals surface area (Å²) in [6.45, 7) is 4.30. The number of aryl methyl sites for hydroxylation is 1. The molecule has 4 heteroatoms. The molecule has 1 aliphatic carbocycles. The summed E-state index contributed by atoms with van der Waals surface area (Å²) < 4.78 is 1.88. The van der Waals surface area contributed by atoms with Gasteiger partial charge >= 0.3 is 0 Å². The number of nitrogens with one attached hydrogen (secondary N) is 1. The Morgan fingerprint density at radius 2 is 2.33 bits per heavy atom. The predicted molar refractivity (Wildman–Crippen MR) is 74.4 cm³/mol. The van der Waals surface area contributed by atoms with Gasteiger partial charge in [-0.1, -0.05) is 13.3 Å². The van der Waals surface area contributed by atoms with Crippen LogP contribution in [0.25, 0.3) is 0 Å². The number of rotatable bonds is 5. The van der Waals surface area contributed by atoms with Crippen molar-refractivity contribution in [2.75, 3.05) is 13.6 Å². The maximum Gasteiger partial charge on any atom is 0.0534 e. The van der Waals surface area contributed by atoms with E-state index >= 15 is 0 Å². The van der Waals surface area contributed by atoms with Gasteiger partial charge in [0.25, 0.3) is 0 Å². The van der Waals surface area contributed by atoms with Crippen LogP contribution in [0.5, 0.6) is 0 Å². The first-order valence-corrected chi connectivity index (χ1v) is 7.10. The molecule has 0 saturated heterocycles. The fraction of sp³-hybridized carbons (Fsp3) is 0.786. The van der Waals surface area contributed by atoms with E-state index in [0.717, 1.165) is 13.1 Å². The lowest BCUT2D eigenvalue weighted by atomic mass is 9.90. The van der Waals surface area contributed by atoms with Crippen LogP contribution in [0, 0.1) is 0 Å². The molecule has 0 amide bonds. The Labute approximate surface area is 110 Å². The molecule has 1 saturated carbocycles. The Bertz CT molecular complexity index is 358. The third-order valence-electron chi connectivity index (χ3n) is 3.95. The van der Waals surface area contributed by atoms with Crippen LogP contribution < -0.4 is 5.32 Å². The fourth-order valence-corrected chi connectivity index (χ4v) is 3.01. The third kappa shape index (κ3) is 3.56. The molecular weight excluding hydrogens is 224 g/mol. The second kappa shape index (κ2) is 6.34. The zero-order valence-corrected chi connectivity index (χ0v) is 11.9. The van der Waals surface area contributed by atoms with Gasteiger partial charge in [-0.05, 0) is 32.9 Å². The summed E-state index contributed by atoms with van der Waals surface area (Å²) in [7, 11) is 4.22. The van der Waals surface area contributed by atoms with Gasteiger partial charge in [0.1, 0.15) is 0 Å². The van der Waals surface area contributed by atoms with Crippen LogP contribution in [0.3, 0.4) is 0 Å². The van der Waals surface area contributed by atoms with Gasteiger partial charge in [0.05, 0.1) is 6.20 Å². The lowest BCUT2D eigenvalue weighted by Gasteiger charge is -2.35. The van der Waals surface area contributed by atoms with Gasteiger partial charge in [-0.2, -0.15) is 5.10 Å². The van der Waals surface area contributed by atoms with E-state index in [1.807, 2.05) is 17.9 Å². The van der Waals surface area contributed by atoms with Gasteiger partial charge < -0.3 is 5.32 Å². The Morgan fingerprint density at radius 3 is 3.00 bits per heavy atom. The monoisotopic (exact) mass is 250 g/mol. The first kappa shape index (κ1) is 13.6. The highest BCUT2D eigenvalue weighted by atomic mass is 15.2. The van der Waals surface area contributed by atoms with Crippen LogP contribution in [-0.4, -0.2) is 40.4 Å². The number of hydrogen-bond acceptors (Lipinski definition) is 3. The van der Waals surface area contributed by atoms with Crippen LogP contribution in [0.2, 0.25) is 0 Å². The van der Waals surface area contributed by atoms with Gasteiger partial charge in [-0.25, -0.2) is 0 Å². The van der Waals surface area contributed by atoms with Gasteiger partial charge in [0.2, 0.25) is 0 Å². The molecule has 2 atom stereocenters. The van der Waals surface area contributed by atoms with Crippen molar-refractivity contribution in [2.24, 2.45) is 7.05 Å². The molecule has 1 heterocycles. The van der Waals surface area contributed by atoms with E-state index in [-0.39, 0.29) is 0 Å². The van der Waals surface area contributed by atoms with Crippen molar-refractivity contribution in [3.63, 3.8) is 0 Å². The molecule has 1 aliphatic rings. The van der Waals surface area contributed by atoms with Crippen LogP contribution in [-0.2, 0) is 13.6 Å². The molecule has 4 nitrogen and oxygen atoms in total. The largest absolute Gasteiger partial charge is 0.314 e. The molecule has 2 rings (SSSR count). The van der Waals surface area contributed by atoms with E-state index in [9.17, 15) is 0 Å². The minimum Gasteiger partial charge on any atom is -0.314 e. The second-order valence-corrected chi connectivity index (χ2v) is 5.51. The minimum absolute atomic E-state index is 0.711. The first-order chi connectivity index (χ1) is 8.69. The summed E-state index contributed by atoms with van der Waals surface area (Å²) in [5.74, 6) is 0. The molecule has 0 radical (unpaired) electrons. The Balaban J connectivity index is 1.86. The smallest absolute Gasteiger partial charge is 0.0534 e. The lowest BCUT2D eigenvalue weighted by molar-refractivity contribution is 0.163. The molecule has 0 aromatic carbocycles. The Morgan fingerprint density at radius 1 is 1.50 bits per heavy atom. The summed E-state index contributed by atoms with van der Waals surface area (Å²) in [6.07, 6.45) is 9.39. The van der Waals surface area contributed by atoms with E-state index in [1.165, 1.54) is 31.2 Å². The maximum atomic E-state index is 4.24. The molecule has 0 bridgehead atoms. The molecule has 1 N–H and O–H groups in total. The molecule has 102 valence electrons. The van der Waals surface area contributed by atoms with E-state index in [1.54, 1.807) is 0 Å².